The Bertz CT molecular complexity index is 403. The lowest BCUT2D eigenvalue weighted by atomic mass is 9.71. The van der Waals surface area contributed by atoms with Gasteiger partial charge >= 0.3 is 5.97 Å². The van der Waals surface area contributed by atoms with E-state index in [0.29, 0.717) is 5.92 Å². The average molecular weight is 248 g/mol. The molecule has 0 N–H and O–H groups in total. The highest BCUT2D eigenvalue weighted by Gasteiger charge is 2.36. The molecular formula is C16H24O2. The smallest absolute Gasteiger partial charge is 0.333 e. The van der Waals surface area contributed by atoms with E-state index < -0.39 is 0 Å². The Morgan fingerprint density at radius 1 is 1.33 bits per heavy atom. The molecule has 2 aliphatic carbocycles. The van der Waals surface area contributed by atoms with Crippen LogP contribution in [-0.2, 0) is 9.53 Å². The maximum absolute atomic E-state index is 11.5. The van der Waals surface area contributed by atoms with Gasteiger partial charge < -0.3 is 4.74 Å². The highest BCUT2D eigenvalue weighted by atomic mass is 16.5. The Morgan fingerprint density at radius 2 is 2.06 bits per heavy atom. The average Bonchev–Trinajstić information content (AvgIpc) is 2.75. The van der Waals surface area contributed by atoms with Gasteiger partial charge in [-0.05, 0) is 57.3 Å². The SMILES string of the molecule is COC(=O)/C(C)=C\[C@@H]1CC[C@H](C)C2CCC(C)=C21. The summed E-state index contributed by atoms with van der Waals surface area (Å²) in [7, 11) is 1.45. The molecular weight excluding hydrogens is 224 g/mol. The molecule has 100 valence electrons. The van der Waals surface area contributed by atoms with Gasteiger partial charge in [0, 0.05) is 5.57 Å². The molecule has 1 saturated carbocycles. The highest BCUT2D eigenvalue weighted by molar-refractivity contribution is 5.87. The van der Waals surface area contributed by atoms with Crippen LogP contribution in [0, 0.1) is 17.8 Å². The van der Waals surface area contributed by atoms with Crippen LogP contribution in [0.3, 0.4) is 0 Å². The zero-order valence-corrected chi connectivity index (χ0v) is 12.0. The second-order valence-electron chi connectivity index (χ2n) is 5.88. The van der Waals surface area contributed by atoms with E-state index in [-0.39, 0.29) is 5.97 Å². The molecule has 0 heterocycles. The van der Waals surface area contributed by atoms with Crippen LogP contribution in [0.2, 0.25) is 0 Å². The van der Waals surface area contributed by atoms with Crippen molar-refractivity contribution in [3.05, 3.63) is 22.8 Å². The molecule has 0 amide bonds. The molecule has 0 aliphatic heterocycles. The Hall–Kier alpha value is -1.05. The quantitative estimate of drug-likeness (QED) is 0.421. The van der Waals surface area contributed by atoms with Crippen molar-refractivity contribution in [3.8, 4) is 0 Å². The van der Waals surface area contributed by atoms with Crippen LogP contribution in [0.25, 0.3) is 0 Å². The van der Waals surface area contributed by atoms with Crippen molar-refractivity contribution >= 4 is 5.97 Å². The number of ether oxygens (including phenoxy) is 1. The van der Waals surface area contributed by atoms with Crippen molar-refractivity contribution in [2.24, 2.45) is 17.8 Å². The summed E-state index contributed by atoms with van der Waals surface area (Å²) < 4.78 is 4.79. The molecule has 2 heteroatoms. The molecule has 2 nitrogen and oxygen atoms in total. The molecule has 0 aromatic carbocycles. The number of carbonyl (C=O) groups is 1. The van der Waals surface area contributed by atoms with Crippen molar-refractivity contribution in [3.63, 3.8) is 0 Å². The van der Waals surface area contributed by atoms with E-state index in [1.807, 2.05) is 6.92 Å². The van der Waals surface area contributed by atoms with Gasteiger partial charge in [-0.15, -0.1) is 0 Å². The van der Waals surface area contributed by atoms with Crippen LogP contribution in [0.5, 0.6) is 0 Å². The van der Waals surface area contributed by atoms with E-state index in [4.69, 9.17) is 4.74 Å². The van der Waals surface area contributed by atoms with E-state index in [0.717, 1.165) is 17.4 Å². The largest absolute Gasteiger partial charge is 0.466 e. The van der Waals surface area contributed by atoms with Crippen LogP contribution < -0.4 is 0 Å². The first-order valence-corrected chi connectivity index (χ1v) is 7.00. The van der Waals surface area contributed by atoms with E-state index in [9.17, 15) is 4.79 Å². The summed E-state index contributed by atoms with van der Waals surface area (Å²) in [5.41, 5.74) is 3.94. The standard InChI is InChI=1S/C16H24O2/c1-10-5-7-13(9-12(3)16(17)18-4)15-11(2)6-8-14(10)15/h9-10,13-14H,5-8H2,1-4H3/b12-9-/t10-,13-,14?/m0/s1. The minimum absolute atomic E-state index is 0.193. The van der Waals surface area contributed by atoms with E-state index in [1.165, 1.54) is 32.8 Å². The molecule has 1 unspecified atom stereocenters. The number of hydrogen-bond donors (Lipinski definition) is 0. The third-order valence-corrected chi connectivity index (χ3v) is 4.70. The van der Waals surface area contributed by atoms with E-state index >= 15 is 0 Å². The molecule has 2 rings (SSSR count). The fourth-order valence-electron chi connectivity index (χ4n) is 3.67. The zero-order valence-electron chi connectivity index (χ0n) is 12.0. The fraction of sp³-hybridized carbons (Fsp3) is 0.688. The molecule has 18 heavy (non-hydrogen) atoms. The molecule has 0 bridgehead atoms. The van der Waals surface area contributed by atoms with Gasteiger partial charge in [0.1, 0.15) is 0 Å². The lowest BCUT2D eigenvalue weighted by Gasteiger charge is -2.34. The maximum Gasteiger partial charge on any atom is 0.333 e. The first kappa shape index (κ1) is 13.4. The van der Waals surface area contributed by atoms with E-state index in [2.05, 4.69) is 19.9 Å². The normalized spacial score (nSPS) is 32.4. The second-order valence-corrected chi connectivity index (χ2v) is 5.88. The maximum atomic E-state index is 11.5. The summed E-state index contributed by atoms with van der Waals surface area (Å²) in [6.07, 6.45) is 7.14. The van der Waals surface area contributed by atoms with Crippen molar-refractivity contribution < 1.29 is 9.53 Å². The molecule has 1 fully saturated rings. The van der Waals surface area contributed by atoms with Crippen molar-refractivity contribution in [2.75, 3.05) is 7.11 Å². The molecule has 2 aliphatic rings. The van der Waals surface area contributed by atoms with Crippen LogP contribution in [-0.4, -0.2) is 13.1 Å². The second kappa shape index (κ2) is 5.29. The predicted molar refractivity (Wildman–Crippen MR) is 73.1 cm³/mol. The number of carbonyl (C=O) groups excluding carboxylic acids is 1. The van der Waals surface area contributed by atoms with Crippen LogP contribution in [0.15, 0.2) is 22.8 Å². The van der Waals surface area contributed by atoms with Gasteiger partial charge in [-0.2, -0.15) is 0 Å². The molecule has 0 aromatic rings. The monoisotopic (exact) mass is 248 g/mol. The van der Waals surface area contributed by atoms with Gasteiger partial charge in [0.15, 0.2) is 0 Å². The molecule has 0 aromatic heterocycles. The fourth-order valence-corrected chi connectivity index (χ4v) is 3.67. The summed E-state index contributed by atoms with van der Waals surface area (Å²) >= 11 is 0. The third-order valence-electron chi connectivity index (χ3n) is 4.70. The Morgan fingerprint density at radius 3 is 2.72 bits per heavy atom. The lowest BCUT2D eigenvalue weighted by molar-refractivity contribution is -0.136. The first-order chi connectivity index (χ1) is 8.54. The van der Waals surface area contributed by atoms with Crippen LogP contribution >= 0.6 is 0 Å². The number of rotatable bonds is 2. The van der Waals surface area contributed by atoms with Gasteiger partial charge in [0.25, 0.3) is 0 Å². The Balaban J connectivity index is 2.24. The zero-order chi connectivity index (χ0) is 13.3. The molecule has 0 spiro atoms. The highest BCUT2D eigenvalue weighted by Crippen LogP contribution is 2.48. The molecule has 0 saturated heterocycles. The summed E-state index contributed by atoms with van der Waals surface area (Å²) in [6, 6.07) is 0. The number of methoxy groups -OCH3 is 1. The van der Waals surface area contributed by atoms with Gasteiger partial charge in [-0.3, -0.25) is 0 Å². The topological polar surface area (TPSA) is 26.3 Å². The van der Waals surface area contributed by atoms with Crippen molar-refractivity contribution in [1.82, 2.24) is 0 Å². The Kier molecular flexibility index (Phi) is 3.94. The van der Waals surface area contributed by atoms with Gasteiger partial charge in [-0.25, -0.2) is 4.79 Å². The van der Waals surface area contributed by atoms with Crippen molar-refractivity contribution in [2.45, 2.75) is 46.5 Å². The number of allylic oxidation sites excluding steroid dienone is 3. The van der Waals surface area contributed by atoms with Gasteiger partial charge in [0.05, 0.1) is 7.11 Å². The number of esters is 1. The van der Waals surface area contributed by atoms with Crippen molar-refractivity contribution in [1.29, 1.82) is 0 Å². The summed E-state index contributed by atoms with van der Waals surface area (Å²) in [6.45, 7) is 6.50. The Labute approximate surface area is 110 Å². The minimum Gasteiger partial charge on any atom is -0.466 e. The number of fused-ring (bicyclic) bond motifs is 1. The van der Waals surface area contributed by atoms with Gasteiger partial charge in [0.2, 0.25) is 0 Å². The molecule has 3 atom stereocenters. The van der Waals surface area contributed by atoms with Crippen LogP contribution in [0.4, 0.5) is 0 Å². The summed E-state index contributed by atoms with van der Waals surface area (Å²) in [4.78, 5) is 11.5. The number of hydrogen-bond acceptors (Lipinski definition) is 2. The van der Waals surface area contributed by atoms with Gasteiger partial charge in [-0.1, -0.05) is 24.1 Å². The predicted octanol–water partition coefficient (Wildman–Crippen LogP) is 3.88. The summed E-state index contributed by atoms with van der Waals surface area (Å²) in [5, 5.41) is 0. The lowest BCUT2D eigenvalue weighted by Crippen LogP contribution is -2.23. The third kappa shape index (κ3) is 2.38. The van der Waals surface area contributed by atoms with E-state index in [1.54, 1.807) is 11.1 Å². The first-order valence-electron chi connectivity index (χ1n) is 7.00. The summed E-state index contributed by atoms with van der Waals surface area (Å²) in [5.74, 6) is 1.83. The van der Waals surface area contributed by atoms with Crippen LogP contribution in [0.1, 0.15) is 46.5 Å². The minimum atomic E-state index is -0.193. The molecule has 0 radical (unpaired) electrons.